The van der Waals surface area contributed by atoms with Crippen LogP contribution in [0.1, 0.15) is 16.8 Å². The number of carbonyl (C=O) groups is 1. The van der Waals surface area contributed by atoms with Crippen molar-refractivity contribution >= 4 is 29.0 Å². The molecule has 0 fully saturated rings. The first-order valence-electron chi connectivity index (χ1n) is 7.85. The molecule has 0 radical (unpaired) electrons. The Hall–Kier alpha value is -2.92. The van der Waals surface area contributed by atoms with Crippen LogP contribution in [-0.4, -0.2) is 10.9 Å². The van der Waals surface area contributed by atoms with Gasteiger partial charge in [-0.1, -0.05) is 36.4 Å². The van der Waals surface area contributed by atoms with Gasteiger partial charge in [0.15, 0.2) is 0 Å². The van der Waals surface area contributed by atoms with Gasteiger partial charge in [-0.05, 0) is 36.3 Å². The van der Waals surface area contributed by atoms with Crippen molar-refractivity contribution in [2.45, 2.75) is 13.5 Å². The number of anilines is 1. The van der Waals surface area contributed by atoms with E-state index in [4.69, 9.17) is 4.74 Å². The van der Waals surface area contributed by atoms with Crippen LogP contribution in [0.3, 0.4) is 0 Å². The Morgan fingerprint density at radius 1 is 1.24 bits per heavy atom. The lowest BCUT2D eigenvalue weighted by Gasteiger charge is -2.13. The Morgan fingerprint density at radius 3 is 2.84 bits per heavy atom. The van der Waals surface area contributed by atoms with E-state index in [-0.39, 0.29) is 5.91 Å². The van der Waals surface area contributed by atoms with Crippen molar-refractivity contribution in [3.05, 3.63) is 82.3 Å². The van der Waals surface area contributed by atoms with Crippen LogP contribution in [0.25, 0.3) is 6.08 Å². The maximum Gasteiger partial charge on any atom is 0.248 e. The predicted molar refractivity (Wildman–Crippen MR) is 102 cm³/mol. The quantitative estimate of drug-likeness (QED) is 0.657. The molecule has 0 saturated carbocycles. The second kappa shape index (κ2) is 8.26. The Balaban J connectivity index is 1.69. The highest BCUT2D eigenvalue weighted by Crippen LogP contribution is 2.26. The summed E-state index contributed by atoms with van der Waals surface area (Å²) < 4.78 is 5.91. The highest BCUT2D eigenvalue weighted by Gasteiger charge is 2.07. The van der Waals surface area contributed by atoms with Crippen molar-refractivity contribution in [1.82, 2.24) is 4.98 Å². The van der Waals surface area contributed by atoms with Gasteiger partial charge in [-0.15, -0.1) is 11.3 Å². The zero-order valence-corrected chi connectivity index (χ0v) is 14.6. The number of aromatic nitrogens is 1. The first kappa shape index (κ1) is 16.9. The lowest BCUT2D eigenvalue weighted by molar-refractivity contribution is -0.111. The lowest BCUT2D eigenvalue weighted by atomic mass is 10.2. The van der Waals surface area contributed by atoms with Gasteiger partial charge in [0.05, 0.1) is 16.9 Å². The van der Waals surface area contributed by atoms with Gasteiger partial charge in [-0.25, -0.2) is 4.98 Å². The van der Waals surface area contributed by atoms with E-state index in [0.717, 1.165) is 16.8 Å². The molecule has 1 amide bonds. The van der Waals surface area contributed by atoms with Gasteiger partial charge in [-0.3, -0.25) is 4.79 Å². The average molecular weight is 350 g/mol. The average Bonchev–Trinajstić information content (AvgIpc) is 3.15. The van der Waals surface area contributed by atoms with Crippen molar-refractivity contribution in [1.29, 1.82) is 0 Å². The minimum absolute atomic E-state index is 0.221. The standard InChI is InChI=1S/C20H18N2O2S/c1-15-7-9-18(22-20(23)10-8-17-13-25-14-21-17)19(11-15)24-12-16-5-3-2-4-6-16/h2-11,13-14H,12H2,1H3,(H,22,23)/b10-8+. The molecule has 25 heavy (non-hydrogen) atoms. The van der Waals surface area contributed by atoms with E-state index in [0.29, 0.717) is 18.0 Å². The fraction of sp³-hybridized carbons (Fsp3) is 0.100. The molecule has 5 heteroatoms. The van der Waals surface area contributed by atoms with E-state index < -0.39 is 0 Å². The molecule has 3 aromatic rings. The zero-order valence-electron chi connectivity index (χ0n) is 13.8. The van der Waals surface area contributed by atoms with Gasteiger partial charge in [0.25, 0.3) is 0 Å². The SMILES string of the molecule is Cc1ccc(NC(=O)/C=C/c2cscn2)c(OCc2ccccc2)c1. The number of hydrogen-bond donors (Lipinski definition) is 1. The number of thiazole rings is 1. The summed E-state index contributed by atoms with van der Waals surface area (Å²) in [6, 6.07) is 15.6. The molecule has 1 aromatic heterocycles. The molecule has 126 valence electrons. The van der Waals surface area contributed by atoms with E-state index in [1.54, 1.807) is 11.6 Å². The third-order valence-electron chi connectivity index (χ3n) is 3.49. The monoisotopic (exact) mass is 350 g/mol. The molecule has 1 heterocycles. The van der Waals surface area contributed by atoms with Gasteiger partial charge in [0.2, 0.25) is 5.91 Å². The van der Waals surface area contributed by atoms with Crippen LogP contribution in [0.5, 0.6) is 5.75 Å². The minimum Gasteiger partial charge on any atom is -0.487 e. The molecule has 4 nitrogen and oxygen atoms in total. The third kappa shape index (κ3) is 5.02. The number of aryl methyl sites for hydroxylation is 1. The molecule has 0 atom stereocenters. The fourth-order valence-corrected chi connectivity index (χ4v) is 2.75. The van der Waals surface area contributed by atoms with Gasteiger partial charge in [-0.2, -0.15) is 0 Å². The topological polar surface area (TPSA) is 51.2 Å². The third-order valence-corrected chi connectivity index (χ3v) is 4.09. The van der Waals surface area contributed by atoms with Crippen LogP contribution in [-0.2, 0) is 11.4 Å². The summed E-state index contributed by atoms with van der Waals surface area (Å²) in [6.07, 6.45) is 3.15. The molecule has 0 unspecified atom stereocenters. The number of benzene rings is 2. The molecule has 0 aliphatic heterocycles. The van der Waals surface area contributed by atoms with Gasteiger partial charge >= 0.3 is 0 Å². The van der Waals surface area contributed by atoms with Crippen molar-refractivity contribution in [3.8, 4) is 5.75 Å². The number of carbonyl (C=O) groups excluding carboxylic acids is 1. The first-order valence-corrected chi connectivity index (χ1v) is 8.79. The maximum absolute atomic E-state index is 12.1. The lowest BCUT2D eigenvalue weighted by Crippen LogP contribution is -2.09. The van der Waals surface area contributed by atoms with Crippen LogP contribution in [0, 0.1) is 6.92 Å². The molecule has 0 spiro atoms. The Labute approximate surface area is 150 Å². The summed E-state index contributed by atoms with van der Waals surface area (Å²) in [5.41, 5.74) is 5.29. The highest BCUT2D eigenvalue weighted by molar-refractivity contribution is 7.07. The van der Waals surface area contributed by atoms with Crippen LogP contribution in [0.2, 0.25) is 0 Å². The second-order valence-corrected chi connectivity index (χ2v) is 6.23. The molecule has 3 rings (SSSR count). The Bertz CT molecular complexity index is 859. The maximum atomic E-state index is 12.1. The predicted octanol–water partition coefficient (Wildman–Crippen LogP) is 4.68. The number of rotatable bonds is 6. The molecule has 0 bridgehead atoms. The summed E-state index contributed by atoms with van der Waals surface area (Å²) in [4.78, 5) is 16.3. The summed E-state index contributed by atoms with van der Waals surface area (Å²) in [7, 11) is 0. The zero-order chi connectivity index (χ0) is 17.5. The normalized spacial score (nSPS) is 10.8. The van der Waals surface area contributed by atoms with Gasteiger partial charge < -0.3 is 10.1 Å². The number of hydrogen-bond acceptors (Lipinski definition) is 4. The molecule has 0 aliphatic carbocycles. The molecule has 0 saturated heterocycles. The van der Waals surface area contributed by atoms with Gasteiger partial charge in [0, 0.05) is 11.5 Å². The second-order valence-electron chi connectivity index (χ2n) is 5.51. The minimum atomic E-state index is -0.221. The summed E-state index contributed by atoms with van der Waals surface area (Å²) in [5, 5.41) is 4.74. The number of amides is 1. The first-order chi connectivity index (χ1) is 12.2. The fourth-order valence-electron chi connectivity index (χ4n) is 2.23. The van der Waals surface area contributed by atoms with Crippen LogP contribution in [0.4, 0.5) is 5.69 Å². The molecule has 2 aromatic carbocycles. The highest BCUT2D eigenvalue weighted by atomic mass is 32.1. The van der Waals surface area contributed by atoms with E-state index in [2.05, 4.69) is 10.3 Å². The Kier molecular flexibility index (Phi) is 5.59. The summed E-state index contributed by atoms with van der Waals surface area (Å²) in [6.45, 7) is 2.44. The van der Waals surface area contributed by atoms with Crippen LogP contribution in [0.15, 0.2) is 65.5 Å². The van der Waals surface area contributed by atoms with Gasteiger partial charge in [0.1, 0.15) is 12.4 Å². The van der Waals surface area contributed by atoms with Crippen molar-refractivity contribution in [3.63, 3.8) is 0 Å². The largest absolute Gasteiger partial charge is 0.487 e. The number of nitrogens with zero attached hydrogens (tertiary/aromatic N) is 1. The van der Waals surface area contributed by atoms with Crippen LogP contribution < -0.4 is 10.1 Å². The van der Waals surface area contributed by atoms with Crippen LogP contribution >= 0.6 is 11.3 Å². The molecular formula is C20H18N2O2S. The smallest absolute Gasteiger partial charge is 0.248 e. The van der Waals surface area contributed by atoms with Crippen molar-refractivity contribution in [2.75, 3.05) is 5.32 Å². The summed E-state index contributed by atoms with van der Waals surface area (Å²) in [5.74, 6) is 0.431. The number of ether oxygens (including phenoxy) is 1. The van der Waals surface area contributed by atoms with Crippen molar-refractivity contribution in [2.24, 2.45) is 0 Å². The number of nitrogens with one attached hydrogen (secondary N) is 1. The Morgan fingerprint density at radius 2 is 2.08 bits per heavy atom. The van der Waals surface area contributed by atoms with E-state index in [1.165, 1.54) is 17.4 Å². The molecule has 1 N–H and O–H groups in total. The summed E-state index contributed by atoms with van der Waals surface area (Å²) >= 11 is 1.49. The van der Waals surface area contributed by atoms with E-state index in [9.17, 15) is 4.79 Å². The molecular weight excluding hydrogens is 332 g/mol. The van der Waals surface area contributed by atoms with E-state index >= 15 is 0 Å². The van der Waals surface area contributed by atoms with Crippen molar-refractivity contribution < 1.29 is 9.53 Å². The van der Waals surface area contributed by atoms with E-state index in [1.807, 2.05) is 60.8 Å². The molecule has 0 aliphatic rings.